The summed E-state index contributed by atoms with van der Waals surface area (Å²) in [6.07, 6.45) is 6.58. The van der Waals surface area contributed by atoms with Crippen LogP contribution in [-0.2, 0) is 4.79 Å². The van der Waals surface area contributed by atoms with Gasteiger partial charge in [-0.3, -0.25) is 4.79 Å². The first-order valence-electron chi connectivity index (χ1n) is 12.5. The first-order valence-corrected chi connectivity index (χ1v) is 12.5. The molecule has 3 aromatic rings. The van der Waals surface area contributed by atoms with Gasteiger partial charge in [0, 0.05) is 31.2 Å². The molecule has 1 heterocycles. The summed E-state index contributed by atoms with van der Waals surface area (Å²) in [5.74, 6) is 0.572. The highest BCUT2D eigenvalue weighted by Gasteiger charge is 2.29. The average Bonchev–Trinajstić information content (AvgIpc) is 3.34. The van der Waals surface area contributed by atoms with Gasteiger partial charge in [-0.15, -0.1) is 0 Å². The van der Waals surface area contributed by atoms with E-state index in [4.69, 9.17) is 0 Å². The van der Waals surface area contributed by atoms with Gasteiger partial charge in [0.2, 0.25) is 5.91 Å². The predicted octanol–water partition coefficient (Wildman–Crippen LogP) is 6.38. The number of amides is 1. The van der Waals surface area contributed by atoms with Gasteiger partial charge < -0.3 is 9.80 Å². The van der Waals surface area contributed by atoms with Crippen LogP contribution in [0.4, 0.5) is 10.1 Å². The van der Waals surface area contributed by atoms with Crippen molar-refractivity contribution in [3.63, 3.8) is 0 Å². The summed E-state index contributed by atoms with van der Waals surface area (Å²) < 4.78 is 13.5. The standard InChI is InChI=1S/C29H33FN2O/c30-25-13-15-26(16-14-25)32(29(33)23-8-2-1-3-9-23)20-19-31-18-17-24(21-31)28-12-6-10-22-7-4-5-11-27(22)28/h4-7,10-16,23-24H,1-3,8-9,17-21H2. The number of carbonyl (C=O) groups excluding carboxylic acids is 1. The molecule has 0 aromatic heterocycles. The summed E-state index contributed by atoms with van der Waals surface area (Å²) in [5, 5.41) is 2.65. The minimum Gasteiger partial charge on any atom is -0.311 e. The number of rotatable bonds is 6. The minimum atomic E-state index is -0.263. The third kappa shape index (κ3) is 4.96. The van der Waals surface area contributed by atoms with Crippen LogP contribution in [0.1, 0.15) is 50.0 Å². The van der Waals surface area contributed by atoms with Crippen LogP contribution in [0, 0.1) is 11.7 Å². The lowest BCUT2D eigenvalue weighted by molar-refractivity contribution is -0.123. The van der Waals surface area contributed by atoms with Gasteiger partial charge in [-0.25, -0.2) is 4.39 Å². The molecule has 0 radical (unpaired) electrons. The molecular formula is C29H33FN2O. The van der Waals surface area contributed by atoms with Gasteiger partial charge in [0.1, 0.15) is 5.82 Å². The van der Waals surface area contributed by atoms with Crippen LogP contribution in [-0.4, -0.2) is 37.0 Å². The number of nitrogens with zero attached hydrogens (tertiary/aromatic N) is 2. The molecule has 2 fully saturated rings. The van der Waals surface area contributed by atoms with Crippen molar-refractivity contribution in [3.8, 4) is 0 Å². The number of halogens is 1. The van der Waals surface area contributed by atoms with Gasteiger partial charge in [-0.1, -0.05) is 61.7 Å². The Morgan fingerprint density at radius 3 is 2.48 bits per heavy atom. The Balaban J connectivity index is 1.28. The Labute approximate surface area is 196 Å². The Bertz CT molecular complexity index is 1080. The highest BCUT2D eigenvalue weighted by atomic mass is 19.1. The van der Waals surface area contributed by atoms with Crippen molar-refractivity contribution in [2.45, 2.75) is 44.4 Å². The number of anilines is 1. The molecule has 0 spiro atoms. The summed E-state index contributed by atoms with van der Waals surface area (Å²) in [6.45, 7) is 3.56. The van der Waals surface area contributed by atoms with E-state index >= 15 is 0 Å². The van der Waals surface area contributed by atoms with Crippen LogP contribution in [0.3, 0.4) is 0 Å². The van der Waals surface area contributed by atoms with E-state index in [1.165, 1.54) is 34.9 Å². The van der Waals surface area contributed by atoms with E-state index in [9.17, 15) is 9.18 Å². The highest BCUT2D eigenvalue weighted by Crippen LogP contribution is 2.33. The molecule has 5 rings (SSSR count). The van der Waals surface area contributed by atoms with E-state index in [1.54, 1.807) is 12.1 Å². The lowest BCUT2D eigenvalue weighted by Crippen LogP contribution is -2.42. The fourth-order valence-corrected chi connectivity index (χ4v) is 5.69. The molecule has 1 aliphatic heterocycles. The first-order chi connectivity index (χ1) is 16.2. The monoisotopic (exact) mass is 444 g/mol. The zero-order chi connectivity index (χ0) is 22.6. The van der Waals surface area contributed by atoms with E-state index in [1.807, 2.05) is 4.90 Å². The number of hydrogen-bond acceptors (Lipinski definition) is 2. The molecular weight excluding hydrogens is 411 g/mol. The second-order valence-corrected chi connectivity index (χ2v) is 9.66. The van der Waals surface area contributed by atoms with Crippen LogP contribution in [0.2, 0.25) is 0 Å². The largest absolute Gasteiger partial charge is 0.311 e. The zero-order valence-electron chi connectivity index (χ0n) is 19.3. The number of fused-ring (bicyclic) bond motifs is 1. The average molecular weight is 445 g/mol. The van der Waals surface area contributed by atoms with Crippen LogP contribution < -0.4 is 4.90 Å². The summed E-state index contributed by atoms with van der Waals surface area (Å²) in [5.41, 5.74) is 2.25. The fraction of sp³-hybridized carbons (Fsp3) is 0.414. The molecule has 4 heteroatoms. The number of benzene rings is 3. The SMILES string of the molecule is O=C(C1CCCCC1)N(CCN1CCC(c2cccc3ccccc23)C1)c1ccc(F)cc1. The van der Waals surface area contributed by atoms with Gasteiger partial charge >= 0.3 is 0 Å². The van der Waals surface area contributed by atoms with Crippen LogP contribution >= 0.6 is 0 Å². The Morgan fingerprint density at radius 1 is 0.909 bits per heavy atom. The smallest absolute Gasteiger partial charge is 0.230 e. The highest BCUT2D eigenvalue weighted by molar-refractivity contribution is 5.95. The molecule has 33 heavy (non-hydrogen) atoms. The van der Waals surface area contributed by atoms with Gasteiger partial charge in [0.25, 0.3) is 0 Å². The third-order valence-corrected chi connectivity index (χ3v) is 7.53. The van der Waals surface area contributed by atoms with E-state index in [0.717, 1.165) is 57.4 Å². The van der Waals surface area contributed by atoms with Crippen molar-refractivity contribution in [2.75, 3.05) is 31.1 Å². The number of likely N-dealkylation sites (tertiary alicyclic amines) is 1. The molecule has 0 N–H and O–H groups in total. The second-order valence-electron chi connectivity index (χ2n) is 9.66. The maximum Gasteiger partial charge on any atom is 0.230 e. The topological polar surface area (TPSA) is 23.6 Å². The van der Waals surface area contributed by atoms with Crippen LogP contribution in [0.5, 0.6) is 0 Å². The molecule has 1 atom stereocenters. The first kappa shape index (κ1) is 22.1. The maximum absolute atomic E-state index is 13.5. The number of hydrogen-bond donors (Lipinski definition) is 0. The molecule has 1 saturated heterocycles. The van der Waals surface area contributed by atoms with Crippen molar-refractivity contribution in [2.24, 2.45) is 5.92 Å². The lowest BCUT2D eigenvalue weighted by atomic mass is 9.88. The van der Waals surface area contributed by atoms with Crippen molar-refractivity contribution in [1.29, 1.82) is 0 Å². The van der Waals surface area contributed by atoms with E-state index in [2.05, 4.69) is 47.4 Å². The minimum absolute atomic E-state index is 0.103. The second kappa shape index (κ2) is 10.0. The molecule has 3 aromatic carbocycles. The van der Waals surface area contributed by atoms with Crippen LogP contribution in [0.25, 0.3) is 10.8 Å². The quantitative estimate of drug-likeness (QED) is 0.440. The van der Waals surface area contributed by atoms with Gasteiger partial charge in [0.05, 0.1) is 0 Å². The van der Waals surface area contributed by atoms with E-state index in [-0.39, 0.29) is 17.6 Å². The summed E-state index contributed by atoms with van der Waals surface area (Å²) >= 11 is 0. The van der Waals surface area contributed by atoms with Gasteiger partial charge in [0.15, 0.2) is 0 Å². The fourth-order valence-electron chi connectivity index (χ4n) is 5.69. The molecule has 0 bridgehead atoms. The summed E-state index contributed by atoms with van der Waals surface area (Å²) in [6, 6.07) is 21.7. The zero-order valence-corrected chi connectivity index (χ0v) is 19.3. The predicted molar refractivity (Wildman–Crippen MR) is 133 cm³/mol. The maximum atomic E-state index is 13.5. The van der Waals surface area contributed by atoms with Crippen molar-refractivity contribution in [1.82, 2.24) is 4.90 Å². The Kier molecular flexibility index (Phi) is 6.73. The third-order valence-electron chi connectivity index (χ3n) is 7.53. The van der Waals surface area contributed by atoms with E-state index in [0.29, 0.717) is 12.5 Å². The van der Waals surface area contributed by atoms with Crippen LogP contribution in [0.15, 0.2) is 66.7 Å². The summed E-state index contributed by atoms with van der Waals surface area (Å²) in [4.78, 5) is 17.8. The van der Waals surface area contributed by atoms with Crippen molar-refractivity contribution in [3.05, 3.63) is 78.1 Å². The molecule has 1 unspecified atom stereocenters. The Hall–Kier alpha value is -2.72. The normalized spacial score (nSPS) is 19.7. The molecule has 172 valence electrons. The molecule has 1 aliphatic carbocycles. The van der Waals surface area contributed by atoms with Gasteiger partial charge in [-0.2, -0.15) is 0 Å². The number of carbonyl (C=O) groups is 1. The summed E-state index contributed by atoms with van der Waals surface area (Å²) in [7, 11) is 0. The Morgan fingerprint density at radius 2 is 1.67 bits per heavy atom. The molecule has 2 aliphatic rings. The van der Waals surface area contributed by atoms with Crippen molar-refractivity contribution >= 4 is 22.4 Å². The molecule has 3 nitrogen and oxygen atoms in total. The van der Waals surface area contributed by atoms with Gasteiger partial charge in [-0.05, 0) is 72.3 Å². The van der Waals surface area contributed by atoms with E-state index < -0.39 is 0 Å². The molecule has 1 saturated carbocycles. The van der Waals surface area contributed by atoms with Crippen molar-refractivity contribution < 1.29 is 9.18 Å². The lowest BCUT2D eigenvalue weighted by Gasteiger charge is -2.31. The molecule has 1 amide bonds.